The maximum Gasteiger partial charge on any atom is 0.272 e. The molecule has 1 aromatic carbocycles. The topological polar surface area (TPSA) is 34.9 Å². The van der Waals surface area contributed by atoms with Crippen LogP contribution in [-0.4, -0.2) is 9.55 Å². The predicted molar refractivity (Wildman–Crippen MR) is 59.1 cm³/mol. The van der Waals surface area contributed by atoms with Gasteiger partial charge in [-0.2, -0.15) is 4.98 Å². The number of rotatable bonds is 2. The summed E-state index contributed by atoms with van der Waals surface area (Å²) in [6.45, 7) is 0.685. The van der Waals surface area contributed by atoms with Crippen LogP contribution in [0.1, 0.15) is 5.56 Å². The number of hydrogen-bond donors (Lipinski definition) is 0. The molecule has 15 heavy (non-hydrogen) atoms. The molecule has 0 saturated heterocycles. The second-order valence-electron chi connectivity index (χ2n) is 3.20. The Morgan fingerprint density at radius 1 is 1.20 bits per heavy atom. The number of benzene rings is 1. The van der Waals surface area contributed by atoms with Crippen molar-refractivity contribution in [2.45, 2.75) is 6.54 Å². The number of nitrogens with zero attached hydrogens (tertiary/aromatic N) is 2. The molecular formula is C11H9ClN2O. The molecular weight excluding hydrogens is 212 g/mol. The zero-order chi connectivity index (χ0) is 10.7. The molecule has 76 valence electrons. The van der Waals surface area contributed by atoms with E-state index in [0.29, 0.717) is 6.54 Å². The molecule has 0 aliphatic carbocycles. The van der Waals surface area contributed by atoms with Crippen LogP contribution in [0.15, 0.2) is 47.7 Å². The molecule has 0 saturated carbocycles. The Bertz CT molecular complexity index is 484. The summed E-state index contributed by atoms with van der Waals surface area (Å²) in [5.41, 5.74) is 0.896. The van der Waals surface area contributed by atoms with Gasteiger partial charge in [0.1, 0.15) is 0 Å². The molecule has 3 nitrogen and oxygen atoms in total. The summed E-state index contributed by atoms with van der Waals surface area (Å²) in [7, 11) is 0. The lowest BCUT2D eigenvalue weighted by Gasteiger charge is -2.04. The molecule has 0 fully saturated rings. The van der Waals surface area contributed by atoms with Crippen molar-refractivity contribution in [3.8, 4) is 0 Å². The maximum absolute atomic E-state index is 10.8. The Hall–Kier alpha value is -1.61. The minimum atomic E-state index is -0.220. The molecule has 0 unspecified atom stereocenters. The molecule has 0 radical (unpaired) electrons. The van der Waals surface area contributed by atoms with Crippen molar-refractivity contribution in [2.24, 2.45) is 0 Å². The van der Waals surface area contributed by atoms with E-state index in [1.165, 1.54) is 12.4 Å². The van der Waals surface area contributed by atoms with Crippen LogP contribution in [-0.2, 0) is 6.54 Å². The van der Waals surface area contributed by atoms with Crippen molar-refractivity contribution in [1.29, 1.82) is 0 Å². The fourth-order valence-corrected chi connectivity index (χ4v) is 1.39. The van der Waals surface area contributed by atoms with E-state index in [1.54, 1.807) is 6.20 Å². The highest BCUT2D eigenvalue weighted by molar-refractivity contribution is 6.30. The molecule has 0 amide bonds. The lowest BCUT2D eigenvalue weighted by molar-refractivity contribution is 0.760. The molecule has 2 aromatic rings. The van der Waals surface area contributed by atoms with Gasteiger partial charge in [0.2, 0.25) is 0 Å². The average molecular weight is 221 g/mol. The van der Waals surface area contributed by atoms with Gasteiger partial charge < -0.3 is 4.57 Å². The van der Waals surface area contributed by atoms with Gasteiger partial charge >= 0.3 is 0 Å². The smallest absolute Gasteiger partial charge is 0.272 e. The average Bonchev–Trinajstić information content (AvgIpc) is 2.25. The summed E-state index contributed by atoms with van der Waals surface area (Å²) < 4.78 is 1.84. The van der Waals surface area contributed by atoms with Gasteiger partial charge in [-0.25, -0.2) is 0 Å². The van der Waals surface area contributed by atoms with E-state index in [1.807, 2.05) is 28.8 Å². The predicted octanol–water partition coefficient (Wildman–Crippen LogP) is 1.94. The molecule has 0 N–H and O–H groups in total. The fraction of sp³-hybridized carbons (Fsp3) is 0.0909. The molecule has 1 aromatic heterocycles. The Morgan fingerprint density at radius 3 is 2.53 bits per heavy atom. The van der Waals surface area contributed by atoms with Crippen LogP contribution in [0.4, 0.5) is 0 Å². The third-order valence-electron chi connectivity index (χ3n) is 2.02. The molecule has 0 spiro atoms. The Balaban J connectivity index is 2.18. The number of aromatic nitrogens is 2. The minimum absolute atomic E-state index is 0.220. The van der Waals surface area contributed by atoms with Crippen molar-refractivity contribution in [3.63, 3.8) is 0 Å². The summed E-state index contributed by atoms with van der Waals surface area (Å²) >= 11 is 5.77. The third-order valence-corrected chi connectivity index (χ3v) is 2.27. The summed E-state index contributed by atoms with van der Waals surface area (Å²) in [5, 5.41) is 0.719. The van der Waals surface area contributed by atoms with Crippen molar-refractivity contribution < 1.29 is 0 Å². The van der Waals surface area contributed by atoms with E-state index in [-0.39, 0.29) is 5.56 Å². The first-order chi connectivity index (χ1) is 7.24. The monoisotopic (exact) mass is 220 g/mol. The van der Waals surface area contributed by atoms with Gasteiger partial charge in [-0.3, -0.25) is 4.79 Å². The highest BCUT2D eigenvalue weighted by Gasteiger charge is 1.94. The van der Waals surface area contributed by atoms with E-state index < -0.39 is 0 Å². The molecule has 0 aliphatic rings. The van der Waals surface area contributed by atoms with Crippen molar-refractivity contribution in [3.05, 3.63) is 63.8 Å². The normalized spacial score (nSPS) is 10.2. The van der Waals surface area contributed by atoms with Gasteiger partial charge in [-0.1, -0.05) is 23.7 Å². The minimum Gasteiger partial charge on any atom is -0.334 e. The van der Waals surface area contributed by atoms with Crippen molar-refractivity contribution >= 4 is 11.6 Å². The molecule has 0 bridgehead atoms. The zero-order valence-corrected chi connectivity index (χ0v) is 8.69. The standard InChI is InChI=1S/C11H9ClN2O/c12-10-3-1-9(2-4-10)7-14-6-5-11(15)13-8-14/h1-6,8H,7H2. The van der Waals surface area contributed by atoms with Gasteiger partial charge in [0.15, 0.2) is 0 Å². The SMILES string of the molecule is O=c1ccn(Cc2ccc(Cl)cc2)cn1. The van der Waals surface area contributed by atoms with Gasteiger partial charge in [0.25, 0.3) is 5.56 Å². The van der Waals surface area contributed by atoms with Gasteiger partial charge in [0, 0.05) is 23.8 Å². The zero-order valence-electron chi connectivity index (χ0n) is 7.93. The van der Waals surface area contributed by atoms with E-state index in [9.17, 15) is 4.79 Å². The van der Waals surface area contributed by atoms with E-state index >= 15 is 0 Å². The summed E-state index contributed by atoms with van der Waals surface area (Å²) in [6.07, 6.45) is 3.24. The summed E-state index contributed by atoms with van der Waals surface area (Å²) in [6, 6.07) is 9.01. The first-order valence-corrected chi connectivity index (χ1v) is 4.88. The molecule has 2 rings (SSSR count). The van der Waals surface area contributed by atoms with Crippen LogP contribution in [0.5, 0.6) is 0 Å². The first-order valence-electron chi connectivity index (χ1n) is 4.50. The molecule has 1 heterocycles. The van der Waals surface area contributed by atoms with Crippen LogP contribution in [0.3, 0.4) is 0 Å². The summed E-state index contributed by atoms with van der Waals surface area (Å²) in [5.74, 6) is 0. The molecule has 0 atom stereocenters. The number of halogens is 1. The Morgan fingerprint density at radius 2 is 1.93 bits per heavy atom. The van der Waals surface area contributed by atoms with Crippen LogP contribution < -0.4 is 5.56 Å². The van der Waals surface area contributed by atoms with Crippen molar-refractivity contribution in [2.75, 3.05) is 0 Å². The Labute approximate surface area is 92.0 Å². The largest absolute Gasteiger partial charge is 0.334 e. The molecule has 0 aliphatic heterocycles. The van der Waals surface area contributed by atoms with Crippen molar-refractivity contribution in [1.82, 2.24) is 9.55 Å². The van der Waals surface area contributed by atoms with E-state index in [0.717, 1.165) is 10.6 Å². The third kappa shape index (κ3) is 2.67. The van der Waals surface area contributed by atoms with Crippen LogP contribution in [0.25, 0.3) is 0 Å². The first kappa shape index (κ1) is 9.93. The van der Waals surface area contributed by atoms with Gasteiger partial charge in [0.05, 0.1) is 6.33 Å². The second kappa shape index (κ2) is 4.28. The fourth-order valence-electron chi connectivity index (χ4n) is 1.27. The highest BCUT2D eigenvalue weighted by Crippen LogP contribution is 2.10. The second-order valence-corrected chi connectivity index (χ2v) is 3.63. The maximum atomic E-state index is 10.8. The van der Waals surface area contributed by atoms with E-state index in [2.05, 4.69) is 4.98 Å². The van der Waals surface area contributed by atoms with Gasteiger partial charge in [-0.15, -0.1) is 0 Å². The van der Waals surface area contributed by atoms with Crippen LogP contribution in [0.2, 0.25) is 5.02 Å². The quantitative estimate of drug-likeness (QED) is 0.776. The number of hydrogen-bond acceptors (Lipinski definition) is 2. The van der Waals surface area contributed by atoms with E-state index in [4.69, 9.17) is 11.6 Å². The molecule has 4 heteroatoms. The summed E-state index contributed by atoms with van der Waals surface area (Å²) in [4.78, 5) is 14.5. The Kier molecular flexibility index (Phi) is 2.83. The van der Waals surface area contributed by atoms with Gasteiger partial charge in [-0.05, 0) is 17.7 Å². The van der Waals surface area contributed by atoms with Crippen LogP contribution in [0, 0.1) is 0 Å². The highest BCUT2D eigenvalue weighted by atomic mass is 35.5. The van der Waals surface area contributed by atoms with Crippen LogP contribution >= 0.6 is 11.6 Å². The lowest BCUT2D eigenvalue weighted by Crippen LogP contribution is -2.09. The lowest BCUT2D eigenvalue weighted by atomic mass is 10.2.